The van der Waals surface area contributed by atoms with Crippen molar-refractivity contribution in [3.05, 3.63) is 77.1 Å². The number of amides is 3. The number of hydrogen-bond donors (Lipinski definition) is 2. The van der Waals surface area contributed by atoms with Gasteiger partial charge in [-0.2, -0.15) is 0 Å². The van der Waals surface area contributed by atoms with Crippen LogP contribution < -0.4 is 15.4 Å². The molecular formula is C29H36N6O5. The van der Waals surface area contributed by atoms with E-state index in [0.717, 1.165) is 11.1 Å². The maximum atomic E-state index is 13.6. The number of carbonyl (C=O) groups is 3. The molecule has 2 bridgehead atoms. The molecule has 0 radical (unpaired) electrons. The molecule has 0 spiro atoms. The molecule has 1 aromatic heterocycles. The van der Waals surface area contributed by atoms with Gasteiger partial charge in [0.1, 0.15) is 17.5 Å². The number of rotatable bonds is 3. The van der Waals surface area contributed by atoms with Crippen molar-refractivity contribution in [3.8, 4) is 5.75 Å². The molecule has 1 aliphatic rings. The van der Waals surface area contributed by atoms with Gasteiger partial charge in [-0.1, -0.05) is 41.6 Å². The topological polar surface area (TPSA) is 128 Å². The van der Waals surface area contributed by atoms with Gasteiger partial charge in [0.25, 0.3) is 11.8 Å². The van der Waals surface area contributed by atoms with E-state index in [1.54, 1.807) is 22.6 Å². The number of nitrogens with zero attached hydrogens (tertiary/aromatic N) is 4. The molecule has 2 atom stereocenters. The van der Waals surface area contributed by atoms with Crippen molar-refractivity contribution in [2.24, 2.45) is 0 Å². The van der Waals surface area contributed by atoms with Crippen LogP contribution in [-0.2, 0) is 27.4 Å². The normalized spacial score (nSPS) is 18.2. The zero-order valence-electron chi connectivity index (χ0n) is 23.1. The Morgan fingerprint density at radius 2 is 1.93 bits per heavy atom. The van der Waals surface area contributed by atoms with Gasteiger partial charge in [-0.25, -0.2) is 0 Å². The minimum Gasteiger partial charge on any atom is -0.493 e. The summed E-state index contributed by atoms with van der Waals surface area (Å²) in [6, 6.07) is 13.9. The first-order valence-corrected chi connectivity index (χ1v) is 13.4. The lowest BCUT2D eigenvalue weighted by molar-refractivity contribution is -0.143. The predicted octanol–water partition coefficient (Wildman–Crippen LogP) is 2.41. The second-order valence-electron chi connectivity index (χ2n) is 9.80. The summed E-state index contributed by atoms with van der Waals surface area (Å²) in [5, 5.41) is 14.1. The number of fused-ring (bicyclic) bond motifs is 3. The van der Waals surface area contributed by atoms with E-state index in [0.29, 0.717) is 56.1 Å². The highest BCUT2D eigenvalue weighted by Crippen LogP contribution is 2.22. The standard InChI is InChI=1S/C29H36N6O5/c1-20-11-12-24-25(17-20)40-16-8-15-35-19-23(32-33-35)18-34(14-7-13-30-27(36)21(2)31-28(24)37)29(38)26(39-3)22-9-5-4-6-10-22/h4-6,9-12,17,19,21,26H,7-8,13-16,18H2,1-3H3,(H,30,36)(H,31,37)/t21-,26+/m1/s1. The van der Waals surface area contributed by atoms with Crippen molar-refractivity contribution in [1.29, 1.82) is 0 Å². The Kier molecular flexibility index (Phi) is 9.85. The van der Waals surface area contributed by atoms with E-state index in [-0.39, 0.29) is 24.3 Å². The fourth-order valence-corrected chi connectivity index (χ4v) is 4.48. The zero-order valence-corrected chi connectivity index (χ0v) is 23.1. The summed E-state index contributed by atoms with van der Waals surface area (Å²) in [5.41, 5.74) is 2.72. The fourth-order valence-electron chi connectivity index (χ4n) is 4.48. The lowest BCUT2D eigenvalue weighted by Crippen LogP contribution is -2.45. The number of methoxy groups -OCH3 is 1. The highest BCUT2D eigenvalue weighted by Gasteiger charge is 2.27. The number of aryl methyl sites for hydroxylation is 2. The van der Waals surface area contributed by atoms with Gasteiger partial charge in [0.05, 0.1) is 24.9 Å². The summed E-state index contributed by atoms with van der Waals surface area (Å²) in [5.74, 6) is -0.453. The van der Waals surface area contributed by atoms with E-state index in [9.17, 15) is 14.4 Å². The van der Waals surface area contributed by atoms with Gasteiger partial charge >= 0.3 is 0 Å². The lowest BCUT2D eigenvalue weighted by Gasteiger charge is -2.26. The quantitative estimate of drug-likeness (QED) is 0.515. The number of aromatic nitrogens is 3. The number of ether oxygens (including phenoxy) is 2. The predicted molar refractivity (Wildman–Crippen MR) is 147 cm³/mol. The Morgan fingerprint density at radius 1 is 1.12 bits per heavy atom. The van der Waals surface area contributed by atoms with Gasteiger partial charge < -0.3 is 25.0 Å². The molecule has 0 unspecified atom stereocenters. The minimum atomic E-state index is -0.773. The summed E-state index contributed by atoms with van der Waals surface area (Å²) < 4.78 is 13.3. The van der Waals surface area contributed by atoms with Crippen LogP contribution in [0.4, 0.5) is 0 Å². The molecule has 40 heavy (non-hydrogen) atoms. The van der Waals surface area contributed by atoms with Gasteiger partial charge in [-0.3, -0.25) is 19.1 Å². The van der Waals surface area contributed by atoms with Crippen LogP contribution in [0.15, 0.2) is 54.7 Å². The van der Waals surface area contributed by atoms with Crippen molar-refractivity contribution in [1.82, 2.24) is 30.5 Å². The molecule has 3 amide bonds. The van der Waals surface area contributed by atoms with Gasteiger partial charge in [0.2, 0.25) is 5.91 Å². The maximum absolute atomic E-state index is 13.6. The molecule has 3 aromatic rings. The van der Waals surface area contributed by atoms with Gasteiger partial charge in [-0.15, -0.1) is 5.10 Å². The Bertz CT molecular complexity index is 1310. The second-order valence-corrected chi connectivity index (χ2v) is 9.80. The van der Waals surface area contributed by atoms with E-state index in [1.807, 2.05) is 55.6 Å². The van der Waals surface area contributed by atoms with Crippen LogP contribution in [0.2, 0.25) is 0 Å². The third-order valence-electron chi connectivity index (χ3n) is 6.63. The zero-order chi connectivity index (χ0) is 28.5. The smallest absolute Gasteiger partial charge is 0.256 e. The molecule has 1 aliphatic heterocycles. The van der Waals surface area contributed by atoms with Gasteiger partial charge in [-0.05, 0) is 43.5 Å². The Balaban J connectivity index is 1.53. The lowest BCUT2D eigenvalue weighted by atomic mass is 10.1. The Labute approximate surface area is 233 Å². The molecule has 0 saturated carbocycles. The highest BCUT2D eigenvalue weighted by atomic mass is 16.5. The van der Waals surface area contributed by atoms with E-state index in [1.165, 1.54) is 7.11 Å². The van der Waals surface area contributed by atoms with Gasteiger partial charge in [0.15, 0.2) is 6.10 Å². The van der Waals surface area contributed by atoms with E-state index < -0.39 is 12.1 Å². The number of carbonyl (C=O) groups excluding carboxylic acids is 3. The first kappa shape index (κ1) is 28.8. The van der Waals surface area contributed by atoms with Crippen molar-refractivity contribution < 1.29 is 23.9 Å². The molecule has 0 aliphatic carbocycles. The third kappa shape index (κ3) is 7.44. The number of nitrogens with one attached hydrogen (secondary N) is 2. The SMILES string of the molecule is CO[C@H](C(=O)N1CCCNC(=O)[C@@H](C)NC(=O)c2ccc(C)cc2OCCCn2cc(nn2)C1)c1ccccc1. The molecule has 11 nitrogen and oxygen atoms in total. The molecule has 0 fully saturated rings. The average Bonchev–Trinajstić information content (AvgIpc) is 3.40. The fraction of sp³-hybridized carbons (Fsp3) is 0.414. The Morgan fingerprint density at radius 3 is 2.70 bits per heavy atom. The summed E-state index contributed by atoms with van der Waals surface area (Å²) in [4.78, 5) is 41.0. The average molecular weight is 549 g/mol. The molecule has 2 aromatic carbocycles. The van der Waals surface area contributed by atoms with Crippen LogP contribution in [0.1, 0.15) is 53.0 Å². The summed E-state index contributed by atoms with van der Waals surface area (Å²) in [6.45, 7) is 5.38. The largest absolute Gasteiger partial charge is 0.493 e. The van der Waals surface area contributed by atoms with Crippen LogP contribution >= 0.6 is 0 Å². The summed E-state index contributed by atoms with van der Waals surface area (Å²) in [7, 11) is 1.51. The first-order chi connectivity index (χ1) is 19.4. The van der Waals surface area contributed by atoms with Crippen LogP contribution in [0.5, 0.6) is 5.75 Å². The molecule has 11 heteroatoms. The van der Waals surface area contributed by atoms with Crippen molar-refractivity contribution in [2.75, 3.05) is 26.8 Å². The minimum absolute atomic E-state index is 0.206. The molecule has 2 heterocycles. The first-order valence-electron chi connectivity index (χ1n) is 13.4. The number of benzene rings is 2. The Hall–Kier alpha value is -4.25. The van der Waals surface area contributed by atoms with Crippen molar-refractivity contribution in [3.63, 3.8) is 0 Å². The van der Waals surface area contributed by atoms with E-state index in [4.69, 9.17) is 9.47 Å². The van der Waals surface area contributed by atoms with Crippen LogP contribution in [0.3, 0.4) is 0 Å². The summed E-state index contributed by atoms with van der Waals surface area (Å²) in [6.07, 6.45) is 2.16. The van der Waals surface area contributed by atoms with Crippen LogP contribution in [0, 0.1) is 6.92 Å². The highest BCUT2D eigenvalue weighted by molar-refractivity contribution is 5.99. The van der Waals surface area contributed by atoms with Crippen LogP contribution in [-0.4, -0.2) is 70.5 Å². The molecule has 2 N–H and O–H groups in total. The third-order valence-corrected chi connectivity index (χ3v) is 6.63. The summed E-state index contributed by atoms with van der Waals surface area (Å²) >= 11 is 0. The van der Waals surface area contributed by atoms with E-state index in [2.05, 4.69) is 20.9 Å². The molecule has 212 valence electrons. The van der Waals surface area contributed by atoms with Crippen LogP contribution in [0.25, 0.3) is 0 Å². The maximum Gasteiger partial charge on any atom is 0.256 e. The molecule has 4 rings (SSSR count). The molecular weight excluding hydrogens is 512 g/mol. The molecule has 0 saturated heterocycles. The monoisotopic (exact) mass is 548 g/mol. The second kappa shape index (κ2) is 13.7. The van der Waals surface area contributed by atoms with Crippen molar-refractivity contribution >= 4 is 17.7 Å². The van der Waals surface area contributed by atoms with Gasteiger partial charge in [0, 0.05) is 33.2 Å². The van der Waals surface area contributed by atoms with E-state index >= 15 is 0 Å². The number of hydrogen-bond acceptors (Lipinski definition) is 7. The van der Waals surface area contributed by atoms with Crippen molar-refractivity contribution in [2.45, 2.75) is 51.9 Å².